The smallest absolute Gasteiger partial charge is 0.256 e. The highest BCUT2D eigenvalue weighted by Crippen LogP contribution is 2.23. The second-order valence-electron chi connectivity index (χ2n) is 7.45. The molecule has 32 heavy (non-hydrogen) atoms. The van der Waals surface area contributed by atoms with Crippen molar-refractivity contribution in [3.63, 3.8) is 0 Å². The van der Waals surface area contributed by atoms with Crippen LogP contribution in [-0.2, 0) is 0 Å². The van der Waals surface area contributed by atoms with Crippen molar-refractivity contribution in [2.45, 2.75) is 6.04 Å². The summed E-state index contributed by atoms with van der Waals surface area (Å²) in [4.78, 5) is 27.8. The standard InChI is InChI=1S/C25H26BrN3O3/c1-29(2)23(17-9-8-10-18(15-17)32-3)16-27-24(30)20-12-5-7-14-22(20)28-25(31)19-11-4-6-13-21(19)26/h4-15,23H,16H2,1-3H3,(H,27,30)(H,28,31). The maximum absolute atomic E-state index is 13.0. The number of carbonyl (C=O) groups excluding carboxylic acids is 2. The molecule has 0 bridgehead atoms. The molecule has 7 heteroatoms. The van der Waals surface area contributed by atoms with Gasteiger partial charge in [-0.2, -0.15) is 0 Å². The van der Waals surface area contributed by atoms with Gasteiger partial charge in [-0.25, -0.2) is 0 Å². The Morgan fingerprint density at radius 3 is 2.31 bits per heavy atom. The van der Waals surface area contributed by atoms with Crippen LogP contribution in [0.2, 0.25) is 0 Å². The van der Waals surface area contributed by atoms with Crippen LogP contribution >= 0.6 is 15.9 Å². The van der Waals surface area contributed by atoms with Crippen molar-refractivity contribution < 1.29 is 14.3 Å². The van der Waals surface area contributed by atoms with Gasteiger partial charge in [-0.3, -0.25) is 9.59 Å². The molecule has 1 unspecified atom stereocenters. The highest BCUT2D eigenvalue weighted by molar-refractivity contribution is 9.10. The lowest BCUT2D eigenvalue weighted by atomic mass is 10.1. The Bertz CT molecular complexity index is 1100. The van der Waals surface area contributed by atoms with E-state index in [-0.39, 0.29) is 17.9 Å². The zero-order chi connectivity index (χ0) is 23.1. The van der Waals surface area contributed by atoms with Crippen LogP contribution in [-0.4, -0.2) is 44.5 Å². The van der Waals surface area contributed by atoms with Crippen molar-refractivity contribution in [2.75, 3.05) is 33.1 Å². The summed E-state index contributed by atoms with van der Waals surface area (Å²) >= 11 is 3.39. The lowest BCUT2D eigenvalue weighted by molar-refractivity contribution is 0.0943. The number of benzene rings is 3. The molecule has 0 aliphatic heterocycles. The molecule has 3 rings (SSSR count). The summed E-state index contributed by atoms with van der Waals surface area (Å²) in [6.45, 7) is 0.394. The second-order valence-corrected chi connectivity index (χ2v) is 8.30. The molecular formula is C25H26BrN3O3. The molecule has 0 radical (unpaired) electrons. The Balaban J connectivity index is 1.75. The number of carbonyl (C=O) groups is 2. The normalized spacial score (nSPS) is 11.7. The van der Waals surface area contributed by atoms with E-state index in [9.17, 15) is 9.59 Å². The van der Waals surface area contributed by atoms with Gasteiger partial charge in [0.1, 0.15) is 5.75 Å². The van der Waals surface area contributed by atoms with E-state index in [4.69, 9.17) is 4.74 Å². The summed E-state index contributed by atoms with van der Waals surface area (Å²) < 4.78 is 6.01. The largest absolute Gasteiger partial charge is 0.497 e. The molecule has 6 nitrogen and oxygen atoms in total. The van der Waals surface area contributed by atoms with E-state index in [1.54, 1.807) is 49.6 Å². The summed E-state index contributed by atoms with van der Waals surface area (Å²) in [6.07, 6.45) is 0. The van der Waals surface area contributed by atoms with E-state index < -0.39 is 0 Å². The monoisotopic (exact) mass is 495 g/mol. The minimum Gasteiger partial charge on any atom is -0.497 e. The fourth-order valence-corrected chi connectivity index (χ4v) is 3.82. The summed E-state index contributed by atoms with van der Waals surface area (Å²) in [5.41, 5.74) is 2.38. The van der Waals surface area contributed by atoms with Crippen molar-refractivity contribution in [3.05, 3.63) is 94.0 Å². The maximum Gasteiger partial charge on any atom is 0.256 e. The third-order valence-corrected chi connectivity index (χ3v) is 5.79. The average molecular weight is 496 g/mol. The van der Waals surface area contributed by atoms with Gasteiger partial charge in [0.15, 0.2) is 0 Å². The Labute approximate surface area is 196 Å². The van der Waals surface area contributed by atoms with Crippen molar-refractivity contribution in [1.29, 1.82) is 0 Å². The average Bonchev–Trinajstić information content (AvgIpc) is 2.79. The van der Waals surface area contributed by atoms with Gasteiger partial charge in [-0.1, -0.05) is 36.4 Å². The van der Waals surface area contributed by atoms with Gasteiger partial charge in [0.05, 0.1) is 30.0 Å². The van der Waals surface area contributed by atoms with E-state index in [0.717, 1.165) is 11.3 Å². The maximum atomic E-state index is 13.0. The first-order valence-electron chi connectivity index (χ1n) is 10.1. The number of rotatable bonds is 8. The number of anilines is 1. The molecule has 0 aliphatic carbocycles. The number of likely N-dealkylation sites (N-methyl/N-ethyl adjacent to an activating group) is 1. The van der Waals surface area contributed by atoms with Crippen molar-refractivity contribution in [1.82, 2.24) is 10.2 Å². The number of para-hydroxylation sites is 1. The zero-order valence-electron chi connectivity index (χ0n) is 18.3. The summed E-state index contributed by atoms with van der Waals surface area (Å²) in [7, 11) is 5.55. The lowest BCUT2D eigenvalue weighted by Gasteiger charge is -2.25. The van der Waals surface area contributed by atoms with Gasteiger partial charge in [0.2, 0.25) is 0 Å². The Kier molecular flexibility index (Phi) is 8.03. The van der Waals surface area contributed by atoms with E-state index in [1.165, 1.54) is 0 Å². The van der Waals surface area contributed by atoms with Gasteiger partial charge in [-0.05, 0) is 72.0 Å². The number of hydrogen-bond donors (Lipinski definition) is 2. The fourth-order valence-electron chi connectivity index (χ4n) is 3.36. The minimum atomic E-state index is -0.291. The van der Waals surface area contributed by atoms with Gasteiger partial charge in [-0.15, -0.1) is 0 Å². The van der Waals surface area contributed by atoms with Crippen molar-refractivity contribution in [3.8, 4) is 5.75 Å². The Hall–Kier alpha value is -3.16. The molecule has 3 aromatic carbocycles. The minimum absolute atomic E-state index is 0.0453. The van der Waals surface area contributed by atoms with Gasteiger partial charge < -0.3 is 20.3 Å². The Morgan fingerprint density at radius 1 is 0.938 bits per heavy atom. The van der Waals surface area contributed by atoms with Crippen LogP contribution < -0.4 is 15.4 Å². The van der Waals surface area contributed by atoms with Crippen LogP contribution in [0.4, 0.5) is 5.69 Å². The first kappa shape index (κ1) is 23.5. The fraction of sp³-hybridized carbons (Fsp3) is 0.200. The number of ether oxygens (including phenoxy) is 1. The molecular weight excluding hydrogens is 470 g/mol. The SMILES string of the molecule is COc1cccc(C(CNC(=O)c2ccccc2NC(=O)c2ccccc2Br)N(C)C)c1. The number of nitrogens with one attached hydrogen (secondary N) is 2. The number of hydrogen-bond acceptors (Lipinski definition) is 4. The molecule has 0 spiro atoms. The third-order valence-electron chi connectivity index (χ3n) is 5.10. The van der Waals surface area contributed by atoms with Crippen molar-refractivity contribution in [2.24, 2.45) is 0 Å². The number of methoxy groups -OCH3 is 1. The van der Waals surface area contributed by atoms with Gasteiger partial charge in [0, 0.05) is 11.0 Å². The van der Waals surface area contributed by atoms with Gasteiger partial charge in [0.25, 0.3) is 11.8 Å². The molecule has 0 aromatic heterocycles. The quantitative estimate of drug-likeness (QED) is 0.473. The number of nitrogens with zero attached hydrogens (tertiary/aromatic N) is 1. The topological polar surface area (TPSA) is 70.7 Å². The molecule has 0 saturated carbocycles. The summed E-state index contributed by atoms with van der Waals surface area (Å²) in [5.74, 6) is 0.212. The molecule has 3 aromatic rings. The van der Waals surface area contributed by atoms with Crippen LogP contribution in [0.5, 0.6) is 5.75 Å². The number of halogens is 1. The van der Waals surface area contributed by atoms with Crippen LogP contribution in [0.15, 0.2) is 77.3 Å². The molecule has 0 heterocycles. The molecule has 0 saturated heterocycles. The van der Waals surface area contributed by atoms with Crippen molar-refractivity contribution >= 4 is 33.4 Å². The summed E-state index contributed by atoms with van der Waals surface area (Å²) in [6, 6.07) is 21.9. The highest BCUT2D eigenvalue weighted by atomic mass is 79.9. The molecule has 2 N–H and O–H groups in total. The lowest BCUT2D eigenvalue weighted by Crippen LogP contribution is -2.35. The first-order valence-corrected chi connectivity index (χ1v) is 10.9. The second kappa shape index (κ2) is 10.9. The predicted octanol–water partition coefficient (Wildman–Crippen LogP) is 4.74. The van der Waals surface area contributed by atoms with Gasteiger partial charge >= 0.3 is 0 Å². The van der Waals surface area contributed by atoms with E-state index in [0.29, 0.717) is 27.8 Å². The van der Waals surface area contributed by atoms with E-state index in [1.807, 2.05) is 49.3 Å². The molecule has 2 amide bonds. The molecule has 0 aliphatic rings. The van der Waals surface area contributed by atoms with Crippen LogP contribution in [0.3, 0.4) is 0 Å². The molecule has 1 atom stereocenters. The van der Waals surface area contributed by atoms with Crippen LogP contribution in [0, 0.1) is 0 Å². The highest BCUT2D eigenvalue weighted by Gasteiger charge is 2.19. The third kappa shape index (κ3) is 5.75. The molecule has 166 valence electrons. The predicted molar refractivity (Wildman–Crippen MR) is 130 cm³/mol. The first-order chi connectivity index (χ1) is 15.4. The van der Waals surface area contributed by atoms with Crippen LogP contribution in [0.1, 0.15) is 32.3 Å². The van der Waals surface area contributed by atoms with E-state index in [2.05, 4.69) is 26.6 Å². The summed E-state index contributed by atoms with van der Waals surface area (Å²) in [5, 5.41) is 5.85. The van der Waals surface area contributed by atoms with E-state index >= 15 is 0 Å². The molecule has 0 fully saturated rings. The van der Waals surface area contributed by atoms with Crippen LogP contribution in [0.25, 0.3) is 0 Å². The number of amides is 2. The Morgan fingerprint density at radius 2 is 1.62 bits per heavy atom. The zero-order valence-corrected chi connectivity index (χ0v) is 19.8.